The van der Waals surface area contributed by atoms with Gasteiger partial charge in [-0.25, -0.2) is 0 Å². The van der Waals surface area contributed by atoms with Gasteiger partial charge in [-0.2, -0.15) is 0 Å². The van der Waals surface area contributed by atoms with Gasteiger partial charge in [-0.05, 0) is 113 Å². The van der Waals surface area contributed by atoms with Crippen LogP contribution in [0.2, 0.25) is 0 Å². The third kappa shape index (κ3) is 15.9. The highest BCUT2D eigenvalue weighted by Crippen LogP contribution is 2.41. The van der Waals surface area contributed by atoms with E-state index in [4.69, 9.17) is 4.74 Å². The molecule has 0 amide bonds. The fourth-order valence-corrected chi connectivity index (χ4v) is 8.79. The second-order valence-electron chi connectivity index (χ2n) is 18.6. The van der Waals surface area contributed by atoms with E-state index in [1.54, 1.807) is 0 Å². The van der Waals surface area contributed by atoms with Crippen LogP contribution in [0.4, 0.5) is 17.1 Å². The van der Waals surface area contributed by atoms with Gasteiger partial charge in [0, 0.05) is 36.8 Å². The number of aromatic amines is 1. The Balaban J connectivity index is 2.67. The lowest BCUT2D eigenvalue weighted by Gasteiger charge is -2.37. The van der Waals surface area contributed by atoms with Gasteiger partial charge in [0.1, 0.15) is 11.4 Å². The lowest BCUT2D eigenvalue weighted by atomic mass is 9.71. The zero-order chi connectivity index (χ0) is 39.8. The van der Waals surface area contributed by atoms with E-state index >= 15 is 0 Å². The molecule has 1 heterocycles. The van der Waals surface area contributed by atoms with Crippen molar-refractivity contribution in [3.63, 3.8) is 0 Å². The number of allylic oxidation sites excluding steroid dienone is 1. The van der Waals surface area contributed by atoms with Crippen molar-refractivity contribution >= 4 is 23.1 Å². The first-order chi connectivity index (χ1) is 25.0. The van der Waals surface area contributed by atoms with Gasteiger partial charge in [-0.1, -0.05) is 114 Å². The highest BCUT2D eigenvalue weighted by atomic mass is 16.5. The van der Waals surface area contributed by atoms with Crippen LogP contribution in [0.15, 0.2) is 28.6 Å². The number of hydrogen-bond donors (Lipinski definition) is 2. The molecule has 4 atom stereocenters. The zero-order valence-corrected chi connectivity index (χ0v) is 37.1. The van der Waals surface area contributed by atoms with Crippen LogP contribution in [0.1, 0.15) is 180 Å². The Kier molecular flexibility index (Phi) is 19.9. The van der Waals surface area contributed by atoms with Crippen molar-refractivity contribution in [3.05, 3.63) is 39.8 Å². The van der Waals surface area contributed by atoms with Gasteiger partial charge in [-0.3, -0.25) is 14.6 Å². The molecule has 6 nitrogen and oxygen atoms in total. The molecule has 0 bridgehead atoms. The molecule has 1 aromatic heterocycles. The number of ether oxygens (including phenoxy) is 1. The number of benzene rings is 1. The number of anilines is 3. The molecule has 6 heteroatoms. The Morgan fingerprint density at radius 3 is 2.15 bits per heavy atom. The number of unbranched alkanes of at least 4 members (excludes halogenated alkanes) is 2. The van der Waals surface area contributed by atoms with Gasteiger partial charge in [-0.15, -0.1) is 0 Å². The van der Waals surface area contributed by atoms with E-state index in [2.05, 4.69) is 137 Å². The van der Waals surface area contributed by atoms with Crippen molar-refractivity contribution in [2.45, 2.75) is 181 Å². The lowest BCUT2D eigenvalue weighted by Crippen LogP contribution is -2.31. The highest BCUT2D eigenvalue weighted by Gasteiger charge is 2.32. The minimum Gasteiger partial charge on any atom is -0.491 e. The van der Waals surface area contributed by atoms with Gasteiger partial charge in [0.25, 0.3) is 5.56 Å². The number of aromatic nitrogens is 2. The maximum Gasteiger partial charge on any atom is 0.290 e. The van der Waals surface area contributed by atoms with E-state index in [-0.39, 0.29) is 16.4 Å². The summed E-state index contributed by atoms with van der Waals surface area (Å²) in [6, 6.07) is 6.50. The maximum absolute atomic E-state index is 14.3. The molecular weight excluding hydrogens is 653 g/mol. The summed E-state index contributed by atoms with van der Waals surface area (Å²) in [5.41, 5.74) is 5.16. The Labute approximate surface area is 327 Å². The van der Waals surface area contributed by atoms with Gasteiger partial charge in [0.2, 0.25) is 0 Å². The number of nitrogens with one attached hydrogen (secondary N) is 2. The second kappa shape index (κ2) is 22.7. The normalized spacial score (nSPS) is 15.3. The number of hydrogen-bond acceptors (Lipinski definition) is 4. The molecule has 0 aliphatic heterocycles. The van der Waals surface area contributed by atoms with Gasteiger partial charge in [0.05, 0.1) is 18.0 Å². The Morgan fingerprint density at radius 1 is 0.925 bits per heavy atom. The summed E-state index contributed by atoms with van der Waals surface area (Å²) in [5.74, 6) is 3.16. The summed E-state index contributed by atoms with van der Waals surface area (Å²) in [5, 5.41) is 7.24. The summed E-state index contributed by atoms with van der Waals surface area (Å²) < 4.78 is 8.90. The predicted octanol–water partition coefficient (Wildman–Crippen LogP) is 13.9. The third-order valence-electron chi connectivity index (χ3n) is 11.1. The van der Waals surface area contributed by atoms with Crippen LogP contribution in [0, 0.1) is 34.5 Å². The molecule has 2 N–H and O–H groups in total. The molecule has 1 aromatic carbocycles. The Morgan fingerprint density at radius 2 is 1.58 bits per heavy atom. The number of nitrogens with zero attached hydrogens (tertiary/aromatic N) is 2. The quantitative estimate of drug-likeness (QED) is 0.101. The molecule has 0 aliphatic rings. The molecule has 0 spiro atoms. The fraction of sp³-hybridized carbons (Fsp3) is 0.766. The molecule has 0 saturated carbocycles. The largest absolute Gasteiger partial charge is 0.491 e. The molecule has 0 fully saturated rings. The Bertz CT molecular complexity index is 1410. The minimum absolute atomic E-state index is 0.0130. The molecule has 2 rings (SSSR count). The zero-order valence-electron chi connectivity index (χ0n) is 37.1. The van der Waals surface area contributed by atoms with Gasteiger partial charge >= 0.3 is 0 Å². The smallest absolute Gasteiger partial charge is 0.290 e. The lowest BCUT2D eigenvalue weighted by molar-refractivity contribution is 0.0918. The molecule has 53 heavy (non-hydrogen) atoms. The van der Waals surface area contributed by atoms with E-state index < -0.39 is 0 Å². The van der Waals surface area contributed by atoms with E-state index in [1.807, 2.05) is 4.68 Å². The molecule has 304 valence electrons. The Hall–Kier alpha value is -2.63. The molecule has 0 aliphatic carbocycles. The number of H-pyrrole nitrogens is 1. The van der Waals surface area contributed by atoms with E-state index in [0.717, 1.165) is 87.3 Å². The van der Waals surface area contributed by atoms with Crippen LogP contribution in [0.3, 0.4) is 0 Å². The van der Waals surface area contributed by atoms with Crippen LogP contribution < -0.4 is 20.5 Å². The standard InChI is InChI=1S/C47H84N4O2/c1-15-21-23-38(17-3)28-42-44(45(52)51(49-42)33-39(18-4)24-22-16-2)48-41-26-25-40(50(19-5)20-6)29-43(41)53-34-47(14,31-36(9)27-35(7)8)32-37(10)30-46(11,12)13/h25-26,28-29,35-37,39,48-49H,15-24,27,30-34H2,1-14H3/b38-28+. The van der Waals surface area contributed by atoms with Crippen molar-refractivity contribution < 1.29 is 4.74 Å². The average molecular weight is 737 g/mol. The van der Waals surface area contributed by atoms with Crippen LogP contribution in [0.25, 0.3) is 6.08 Å². The molecule has 0 saturated heterocycles. The van der Waals surface area contributed by atoms with Crippen molar-refractivity contribution in [2.75, 3.05) is 29.9 Å². The van der Waals surface area contributed by atoms with Crippen LogP contribution in [-0.2, 0) is 6.54 Å². The first kappa shape index (κ1) is 46.5. The summed E-state index contributed by atoms with van der Waals surface area (Å²) in [6.45, 7) is 35.6. The molecule has 2 aromatic rings. The minimum atomic E-state index is 0.0130. The summed E-state index contributed by atoms with van der Waals surface area (Å²) in [6.07, 6.45) is 15.8. The predicted molar refractivity (Wildman–Crippen MR) is 234 cm³/mol. The van der Waals surface area contributed by atoms with Gasteiger partial charge in [0.15, 0.2) is 0 Å². The van der Waals surface area contributed by atoms with Crippen molar-refractivity contribution in [3.8, 4) is 5.75 Å². The number of rotatable bonds is 26. The first-order valence-corrected chi connectivity index (χ1v) is 21.8. The van der Waals surface area contributed by atoms with Gasteiger partial charge < -0.3 is 15.0 Å². The SMILES string of the molecule is CCCC/C(=C/c1[nH]n(CC(CC)CCCC)c(=O)c1Nc1ccc(N(CC)CC)cc1OCC(C)(CC(C)CC(C)C)CC(C)CC(C)(C)C)CC. The second-order valence-corrected chi connectivity index (χ2v) is 18.6. The van der Waals surface area contributed by atoms with Crippen LogP contribution in [-0.4, -0.2) is 29.5 Å². The summed E-state index contributed by atoms with van der Waals surface area (Å²) in [4.78, 5) is 16.7. The monoisotopic (exact) mass is 737 g/mol. The van der Waals surface area contributed by atoms with Crippen molar-refractivity contribution in [2.24, 2.45) is 34.5 Å². The van der Waals surface area contributed by atoms with E-state index in [1.165, 1.54) is 31.3 Å². The van der Waals surface area contributed by atoms with Crippen LogP contribution in [0.5, 0.6) is 5.75 Å². The summed E-state index contributed by atoms with van der Waals surface area (Å²) in [7, 11) is 0. The highest BCUT2D eigenvalue weighted by molar-refractivity contribution is 5.75. The molecule has 0 radical (unpaired) electrons. The van der Waals surface area contributed by atoms with Crippen molar-refractivity contribution in [1.82, 2.24) is 9.78 Å². The fourth-order valence-electron chi connectivity index (χ4n) is 8.79. The summed E-state index contributed by atoms with van der Waals surface area (Å²) >= 11 is 0. The average Bonchev–Trinajstić information content (AvgIpc) is 3.36. The van der Waals surface area contributed by atoms with E-state index in [0.29, 0.717) is 42.5 Å². The van der Waals surface area contributed by atoms with Crippen LogP contribution >= 0.6 is 0 Å². The van der Waals surface area contributed by atoms with E-state index in [9.17, 15) is 4.79 Å². The topological polar surface area (TPSA) is 62.3 Å². The third-order valence-corrected chi connectivity index (χ3v) is 11.1. The van der Waals surface area contributed by atoms with Crippen molar-refractivity contribution in [1.29, 1.82) is 0 Å². The molecular formula is C47H84N4O2. The first-order valence-electron chi connectivity index (χ1n) is 21.8. The maximum atomic E-state index is 14.3. The molecule has 4 unspecified atom stereocenters.